The topological polar surface area (TPSA) is 50.8 Å². The smallest absolute Gasteiger partial charge is 0.165 e. The molecular formula is C19H24ClNO4. The maximum atomic E-state index is 13.1. The van der Waals surface area contributed by atoms with Crippen molar-refractivity contribution in [3.63, 3.8) is 0 Å². The molecule has 1 fully saturated rings. The largest absolute Gasteiger partial charge is 0.633 e. The molecule has 1 saturated heterocycles. The highest BCUT2D eigenvalue weighted by atomic mass is 35.5. The molecule has 0 N–H and O–H groups in total. The zero-order valence-corrected chi connectivity index (χ0v) is 15.5. The van der Waals surface area contributed by atoms with Crippen LogP contribution in [0.15, 0.2) is 24.3 Å². The van der Waals surface area contributed by atoms with Crippen LogP contribution in [0.3, 0.4) is 0 Å². The van der Waals surface area contributed by atoms with Gasteiger partial charge in [0.25, 0.3) is 0 Å². The number of hydroxylamine groups is 3. The predicted molar refractivity (Wildman–Crippen MR) is 96.3 cm³/mol. The predicted octanol–water partition coefficient (Wildman–Crippen LogP) is 2.59. The highest BCUT2D eigenvalue weighted by Crippen LogP contribution is 2.63. The molecule has 0 aromatic heterocycles. The molecule has 1 aromatic carbocycles. The number of likely N-dealkylation sites (N-methyl/N-ethyl adjacent to an activating group) is 1. The molecule has 2 aliphatic heterocycles. The fourth-order valence-corrected chi connectivity index (χ4v) is 5.72. The van der Waals surface area contributed by atoms with Crippen molar-refractivity contribution in [2.24, 2.45) is 5.92 Å². The van der Waals surface area contributed by atoms with E-state index < -0.39 is 0 Å². The van der Waals surface area contributed by atoms with Gasteiger partial charge in [-0.3, -0.25) is 0 Å². The minimum Gasteiger partial charge on any atom is -0.633 e. The Bertz CT molecular complexity index is 749. The number of benzene rings is 1. The second kappa shape index (κ2) is 5.36. The van der Waals surface area contributed by atoms with Crippen molar-refractivity contribution in [2.45, 2.75) is 36.5 Å². The highest BCUT2D eigenvalue weighted by molar-refractivity contribution is 5.85. The number of hydrogen-bond acceptors (Lipinski definition) is 4. The first-order valence-corrected chi connectivity index (χ1v) is 8.67. The average Bonchev–Trinajstić information content (AvgIpc) is 2.93. The summed E-state index contributed by atoms with van der Waals surface area (Å²) in [5, 5.41) is 13.1. The van der Waals surface area contributed by atoms with Gasteiger partial charge in [-0.2, -0.15) is 0 Å². The first kappa shape index (κ1) is 17.2. The lowest BCUT2D eigenvalue weighted by molar-refractivity contribution is -0.898. The first-order chi connectivity index (χ1) is 11.5. The van der Waals surface area contributed by atoms with E-state index in [1.54, 1.807) is 14.2 Å². The quantitative estimate of drug-likeness (QED) is 0.459. The van der Waals surface area contributed by atoms with Crippen LogP contribution in [0.25, 0.3) is 0 Å². The molecule has 6 atom stereocenters. The Hall–Kier alpha value is -1.27. The zero-order chi connectivity index (χ0) is 16.7. The molecule has 4 aliphatic rings. The Balaban J connectivity index is 0.00000157. The molecule has 1 unspecified atom stereocenters. The number of hydrogen-bond donors (Lipinski definition) is 0. The minimum atomic E-state index is -0.165. The molecule has 1 spiro atoms. The van der Waals surface area contributed by atoms with Crippen molar-refractivity contribution in [1.82, 2.24) is 0 Å². The summed E-state index contributed by atoms with van der Waals surface area (Å²) in [6.45, 7) is 0.626. The maximum Gasteiger partial charge on any atom is 0.165 e. The second-order valence-electron chi connectivity index (χ2n) is 7.74. The third-order valence-electron chi connectivity index (χ3n) is 6.83. The molecule has 25 heavy (non-hydrogen) atoms. The van der Waals surface area contributed by atoms with Gasteiger partial charge in [0.1, 0.15) is 12.2 Å². The van der Waals surface area contributed by atoms with Gasteiger partial charge in [0.2, 0.25) is 0 Å². The molecule has 0 radical (unpaired) electrons. The van der Waals surface area contributed by atoms with Crippen molar-refractivity contribution >= 4 is 12.4 Å². The number of piperidine rings is 1. The van der Waals surface area contributed by atoms with Crippen LogP contribution in [0.5, 0.6) is 11.5 Å². The van der Waals surface area contributed by atoms with E-state index in [1.165, 1.54) is 11.1 Å². The van der Waals surface area contributed by atoms with E-state index in [2.05, 4.69) is 18.2 Å². The normalized spacial score (nSPS) is 42.2. The summed E-state index contributed by atoms with van der Waals surface area (Å²) in [6.07, 6.45) is 5.78. The number of nitrogens with zero attached hydrogens (tertiary/aromatic N) is 1. The van der Waals surface area contributed by atoms with Gasteiger partial charge >= 0.3 is 0 Å². The lowest BCUT2D eigenvalue weighted by Crippen LogP contribution is -2.69. The van der Waals surface area contributed by atoms with Crippen LogP contribution in [0.1, 0.15) is 17.5 Å². The summed E-state index contributed by atoms with van der Waals surface area (Å²) in [4.78, 5) is 0. The van der Waals surface area contributed by atoms with Crippen molar-refractivity contribution < 1.29 is 18.9 Å². The average molecular weight is 366 g/mol. The molecule has 2 aliphatic carbocycles. The minimum absolute atomic E-state index is 0. The molecule has 2 bridgehead atoms. The Labute approximate surface area is 154 Å². The Kier molecular flexibility index (Phi) is 3.68. The van der Waals surface area contributed by atoms with Gasteiger partial charge in [0.15, 0.2) is 11.5 Å². The van der Waals surface area contributed by atoms with Crippen LogP contribution in [0.4, 0.5) is 0 Å². The molecule has 2 heterocycles. The Morgan fingerprint density at radius 1 is 1.28 bits per heavy atom. The summed E-state index contributed by atoms with van der Waals surface area (Å²) in [5.41, 5.74) is 2.37. The summed E-state index contributed by atoms with van der Waals surface area (Å²) in [7, 11) is 5.24. The van der Waals surface area contributed by atoms with Gasteiger partial charge in [-0.1, -0.05) is 18.2 Å². The third-order valence-corrected chi connectivity index (χ3v) is 6.83. The van der Waals surface area contributed by atoms with Gasteiger partial charge in [-0.15, -0.1) is 12.4 Å². The van der Waals surface area contributed by atoms with E-state index in [1.807, 2.05) is 13.1 Å². The van der Waals surface area contributed by atoms with Crippen molar-refractivity contribution in [3.05, 3.63) is 40.6 Å². The Morgan fingerprint density at radius 2 is 2.08 bits per heavy atom. The van der Waals surface area contributed by atoms with E-state index in [0.29, 0.717) is 6.54 Å². The maximum absolute atomic E-state index is 13.1. The molecule has 136 valence electrons. The number of rotatable bonds is 2. The van der Waals surface area contributed by atoms with E-state index in [0.717, 1.165) is 24.3 Å². The molecule has 1 aromatic rings. The number of halogens is 1. The van der Waals surface area contributed by atoms with Crippen LogP contribution in [-0.2, 0) is 16.6 Å². The monoisotopic (exact) mass is 365 g/mol. The van der Waals surface area contributed by atoms with Crippen LogP contribution in [-0.4, -0.2) is 50.7 Å². The second-order valence-corrected chi connectivity index (χ2v) is 7.74. The van der Waals surface area contributed by atoms with Crippen molar-refractivity contribution in [2.75, 3.05) is 27.8 Å². The number of methoxy groups -OCH3 is 2. The van der Waals surface area contributed by atoms with Crippen molar-refractivity contribution in [3.8, 4) is 11.5 Å². The number of likely N-dealkylation sites (tertiary alicyclic amines) is 1. The number of quaternary nitrogens is 1. The van der Waals surface area contributed by atoms with E-state index in [-0.39, 0.29) is 46.6 Å². The zero-order valence-electron chi connectivity index (χ0n) is 14.7. The SMILES string of the molecule is COc1ccc2c3c1O[C@H]1[C@@H](OC)C=C[C@H]4[C@@H](C2)[N+](C)([O-])CC[C@@]341.Cl. The third kappa shape index (κ3) is 1.90. The first-order valence-electron chi connectivity index (χ1n) is 8.67. The fourth-order valence-electron chi connectivity index (χ4n) is 5.72. The standard InChI is InChI=1S/C19H23NO4.ClH/c1-20(21)9-8-19-12-5-7-15(23-3)18(19)24-17-14(22-2)6-4-11(16(17)19)10-13(12)20;/h4-7,12-13,15,18H,8-10H2,1-3H3;1H/t12-,13+,15-,18-,19-,20?;/m0./s1. The van der Waals surface area contributed by atoms with Gasteiger partial charge < -0.3 is 24.1 Å². The molecule has 6 heteroatoms. The summed E-state index contributed by atoms with van der Waals surface area (Å²) in [5.74, 6) is 1.86. The molecule has 5 rings (SSSR count). The van der Waals surface area contributed by atoms with Crippen LogP contribution in [0.2, 0.25) is 0 Å². The van der Waals surface area contributed by atoms with E-state index in [9.17, 15) is 5.21 Å². The van der Waals surface area contributed by atoms with Crippen LogP contribution in [0, 0.1) is 11.1 Å². The summed E-state index contributed by atoms with van der Waals surface area (Å²) in [6, 6.07) is 4.15. The highest BCUT2D eigenvalue weighted by Gasteiger charge is 2.67. The molecule has 0 amide bonds. The van der Waals surface area contributed by atoms with E-state index in [4.69, 9.17) is 14.2 Å². The van der Waals surface area contributed by atoms with E-state index >= 15 is 0 Å². The van der Waals surface area contributed by atoms with Gasteiger partial charge in [0, 0.05) is 31.4 Å². The lowest BCUT2D eigenvalue weighted by Gasteiger charge is -2.61. The summed E-state index contributed by atoms with van der Waals surface area (Å²) < 4.78 is 17.6. The van der Waals surface area contributed by atoms with Crippen molar-refractivity contribution in [1.29, 1.82) is 0 Å². The lowest BCUT2D eigenvalue weighted by atomic mass is 9.53. The Morgan fingerprint density at radius 3 is 2.80 bits per heavy atom. The fraction of sp³-hybridized carbons (Fsp3) is 0.579. The molecule has 0 saturated carbocycles. The van der Waals surface area contributed by atoms with Gasteiger partial charge in [-0.05, 0) is 11.6 Å². The summed E-state index contributed by atoms with van der Waals surface area (Å²) >= 11 is 0. The molecule has 5 nitrogen and oxygen atoms in total. The van der Waals surface area contributed by atoms with Gasteiger partial charge in [0.05, 0.1) is 32.2 Å². The van der Waals surface area contributed by atoms with Gasteiger partial charge in [-0.25, -0.2) is 0 Å². The van der Waals surface area contributed by atoms with Crippen LogP contribution < -0.4 is 9.47 Å². The molecular weight excluding hydrogens is 342 g/mol. The number of ether oxygens (including phenoxy) is 3. The van der Waals surface area contributed by atoms with Crippen LogP contribution >= 0.6 is 12.4 Å².